The summed E-state index contributed by atoms with van der Waals surface area (Å²) >= 11 is 0. The summed E-state index contributed by atoms with van der Waals surface area (Å²) in [5.41, 5.74) is 2.91. The lowest BCUT2D eigenvalue weighted by atomic mass is 9.93. The zero-order valence-electron chi connectivity index (χ0n) is 9.04. The summed E-state index contributed by atoms with van der Waals surface area (Å²) < 4.78 is 5.54. The first kappa shape index (κ1) is 11.7. The van der Waals surface area contributed by atoms with Gasteiger partial charge in [0, 0.05) is 12.0 Å². The van der Waals surface area contributed by atoms with Gasteiger partial charge < -0.3 is 4.74 Å². The molecular formula is C11H22N2O. The van der Waals surface area contributed by atoms with Crippen LogP contribution < -0.4 is 11.3 Å². The summed E-state index contributed by atoms with van der Waals surface area (Å²) in [7, 11) is 0. The smallest absolute Gasteiger partial charge is 0.0551 e. The number of hydrogen-bond acceptors (Lipinski definition) is 3. The SMILES string of the molecule is C=CCCCC(NN)C1COC(C)C1. The molecule has 0 spiro atoms. The molecule has 3 heteroatoms. The lowest BCUT2D eigenvalue weighted by Gasteiger charge is -2.21. The van der Waals surface area contributed by atoms with Crippen molar-refractivity contribution in [2.45, 2.75) is 44.8 Å². The Bertz CT molecular complexity index is 173. The molecule has 0 radical (unpaired) electrons. The van der Waals surface area contributed by atoms with Crippen molar-refractivity contribution in [2.75, 3.05) is 6.61 Å². The van der Waals surface area contributed by atoms with Crippen LogP contribution in [0.1, 0.15) is 32.6 Å². The highest BCUT2D eigenvalue weighted by Crippen LogP contribution is 2.24. The predicted molar refractivity (Wildman–Crippen MR) is 58.7 cm³/mol. The molecule has 3 N–H and O–H groups in total. The number of hydrogen-bond donors (Lipinski definition) is 2. The van der Waals surface area contributed by atoms with Crippen LogP contribution in [0.3, 0.4) is 0 Å². The Morgan fingerprint density at radius 1 is 1.71 bits per heavy atom. The molecule has 1 aliphatic rings. The summed E-state index contributed by atoms with van der Waals surface area (Å²) in [6.07, 6.45) is 6.83. The van der Waals surface area contributed by atoms with Crippen LogP contribution in [-0.4, -0.2) is 18.8 Å². The minimum Gasteiger partial charge on any atom is -0.378 e. The van der Waals surface area contributed by atoms with Crippen LogP contribution in [0.15, 0.2) is 12.7 Å². The summed E-state index contributed by atoms with van der Waals surface area (Å²) in [5, 5.41) is 0. The average molecular weight is 198 g/mol. The van der Waals surface area contributed by atoms with Gasteiger partial charge in [0.05, 0.1) is 12.7 Å². The van der Waals surface area contributed by atoms with Gasteiger partial charge in [0.15, 0.2) is 0 Å². The van der Waals surface area contributed by atoms with Crippen molar-refractivity contribution in [1.82, 2.24) is 5.43 Å². The van der Waals surface area contributed by atoms with Crippen LogP contribution in [0.4, 0.5) is 0 Å². The Kier molecular flexibility index (Phi) is 5.15. The molecule has 1 rings (SSSR count). The van der Waals surface area contributed by atoms with Gasteiger partial charge in [-0.25, -0.2) is 0 Å². The van der Waals surface area contributed by atoms with Crippen molar-refractivity contribution in [1.29, 1.82) is 0 Å². The van der Waals surface area contributed by atoms with E-state index in [1.54, 1.807) is 0 Å². The minimum absolute atomic E-state index is 0.398. The van der Waals surface area contributed by atoms with E-state index in [0.717, 1.165) is 32.3 Å². The van der Waals surface area contributed by atoms with Crippen molar-refractivity contribution in [3.05, 3.63) is 12.7 Å². The van der Waals surface area contributed by atoms with Gasteiger partial charge in [0.1, 0.15) is 0 Å². The predicted octanol–water partition coefficient (Wildman–Crippen LogP) is 1.60. The molecule has 3 nitrogen and oxygen atoms in total. The molecule has 82 valence electrons. The van der Waals surface area contributed by atoms with E-state index in [0.29, 0.717) is 18.1 Å². The van der Waals surface area contributed by atoms with E-state index in [1.165, 1.54) is 0 Å². The van der Waals surface area contributed by atoms with E-state index in [4.69, 9.17) is 10.6 Å². The topological polar surface area (TPSA) is 47.3 Å². The number of rotatable bonds is 6. The highest BCUT2D eigenvalue weighted by Gasteiger charge is 2.28. The van der Waals surface area contributed by atoms with Crippen molar-refractivity contribution in [3.8, 4) is 0 Å². The van der Waals surface area contributed by atoms with Crippen LogP contribution in [0.25, 0.3) is 0 Å². The first-order valence-electron chi connectivity index (χ1n) is 5.46. The fourth-order valence-electron chi connectivity index (χ4n) is 2.07. The van der Waals surface area contributed by atoms with Crippen molar-refractivity contribution < 1.29 is 4.74 Å². The second-order valence-corrected chi connectivity index (χ2v) is 4.13. The molecule has 3 unspecified atom stereocenters. The lowest BCUT2D eigenvalue weighted by Crippen LogP contribution is -2.41. The second kappa shape index (κ2) is 6.17. The molecule has 0 aromatic rings. The zero-order valence-corrected chi connectivity index (χ0v) is 9.04. The molecule has 1 saturated heterocycles. The van der Waals surface area contributed by atoms with Gasteiger partial charge in [0.25, 0.3) is 0 Å². The molecule has 3 atom stereocenters. The zero-order chi connectivity index (χ0) is 10.4. The number of hydrazine groups is 1. The fourth-order valence-corrected chi connectivity index (χ4v) is 2.07. The van der Waals surface area contributed by atoms with E-state index in [1.807, 2.05) is 6.08 Å². The molecule has 1 fully saturated rings. The van der Waals surface area contributed by atoms with Crippen molar-refractivity contribution >= 4 is 0 Å². The summed E-state index contributed by atoms with van der Waals surface area (Å²) in [5.74, 6) is 6.13. The number of nitrogens with two attached hydrogens (primary N) is 1. The Morgan fingerprint density at radius 2 is 2.50 bits per heavy atom. The lowest BCUT2D eigenvalue weighted by molar-refractivity contribution is 0.116. The largest absolute Gasteiger partial charge is 0.378 e. The number of unbranched alkanes of at least 4 members (excludes halogenated alkanes) is 1. The monoisotopic (exact) mass is 198 g/mol. The second-order valence-electron chi connectivity index (χ2n) is 4.13. The van der Waals surface area contributed by atoms with Crippen molar-refractivity contribution in [3.63, 3.8) is 0 Å². The third-order valence-corrected chi connectivity index (χ3v) is 2.94. The van der Waals surface area contributed by atoms with Crippen LogP contribution in [0, 0.1) is 5.92 Å². The molecule has 0 amide bonds. The van der Waals surface area contributed by atoms with Gasteiger partial charge in [-0.05, 0) is 32.6 Å². The number of nitrogens with one attached hydrogen (secondary N) is 1. The first-order chi connectivity index (χ1) is 6.77. The third-order valence-electron chi connectivity index (χ3n) is 2.94. The van der Waals surface area contributed by atoms with E-state index >= 15 is 0 Å². The Balaban J connectivity index is 2.26. The molecule has 14 heavy (non-hydrogen) atoms. The summed E-state index contributed by atoms with van der Waals surface area (Å²) in [6, 6.07) is 0.403. The Morgan fingerprint density at radius 3 is 3.00 bits per heavy atom. The summed E-state index contributed by atoms with van der Waals surface area (Å²) in [4.78, 5) is 0. The first-order valence-corrected chi connectivity index (χ1v) is 5.46. The standard InChI is InChI=1S/C11H22N2O/c1-3-4-5-6-11(13-12)10-7-9(2)14-8-10/h3,9-11,13H,1,4-8,12H2,2H3. The van der Waals surface area contributed by atoms with Crippen LogP contribution in [0.2, 0.25) is 0 Å². The molecule has 1 heterocycles. The van der Waals surface area contributed by atoms with E-state index in [2.05, 4.69) is 18.9 Å². The molecule has 1 aliphatic heterocycles. The van der Waals surface area contributed by atoms with Crippen molar-refractivity contribution in [2.24, 2.45) is 11.8 Å². The maximum Gasteiger partial charge on any atom is 0.0551 e. The van der Waals surface area contributed by atoms with Gasteiger partial charge in [0.2, 0.25) is 0 Å². The Hall–Kier alpha value is -0.380. The fraction of sp³-hybridized carbons (Fsp3) is 0.818. The van der Waals surface area contributed by atoms with Crippen LogP contribution in [-0.2, 0) is 4.74 Å². The number of allylic oxidation sites excluding steroid dienone is 1. The third kappa shape index (κ3) is 3.40. The van der Waals surface area contributed by atoms with E-state index < -0.39 is 0 Å². The molecule has 0 aromatic carbocycles. The average Bonchev–Trinajstić information content (AvgIpc) is 2.60. The summed E-state index contributed by atoms with van der Waals surface area (Å²) in [6.45, 7) is 6.69. The molecule has 0 saturated carbocycles. The van der Waals surface area contributed by atoms with Crippen LogP contribution in [0.5, 0.6) is 0 Å². The van der Waals surface area contributed by atoms with E-state index in [9.17, 15) is 0 Å². The van der Waals surface area contributed by atoms with E-state index in [-0.39, 0.29) is 0 Å². The molecule has 0 bridgehead atoms. The van der Waals surface area contributed by atoms with Gasteiger partial charge in [-0.3, -0.25) is 11.3 Å². The maximum absolute atomic E-state index is 5.55. The molecule has 0 aromatic heterocycles. The maximum atomic E-state index is 5.55. The normalized spacial score (nSPS) is 29.0. The van der Waals surface area contributed by atoms with Gasteiger partial charge >= 0.3 is 0 Å². The molecular weight excluding hydrogens is 176 g/mol. The minimum atomic E-state index is 0.398. The van der Waals surface area contributed by atoms with Gasteiger partial charge in [-0.1, -0.05) is 6.08 Å². The molecule has 0 aliphatic carbocycles. The quantitative estimate of drug-likeness (QED) is 0.295. The highest BCUT2D eigenvalue weighted by molar-refractivity contribution is 4.81. The van der Waals surface area contributed by atoms with Gasteiger partial charge in [-0.15, -0.1) is 6.58 Å². The van der Waals surface area contributed by atoms with Crippen LogP contribution >= 0.6 is 0 Å². The Labute approximate surface area is 86.7 Å². The number of ether oxygens (including phenoxy) is 1. The van der Waals surface area contributed by atoms with Gasteiger partial charge in [-0.2, -0.15) is 0 Å². The highest BCUT2D eigenvalue weighted by atomic mass is 16.5.